The fourth-order valence-corrected chi connectivity index (χ4v) is 3.27. The van der Waals surface area contributed by atoms with Crippen molar-refractivity contribution in [3.05, 3.63) is 29.3 Å². The van der Waals surface area contributed by atoms with Gasteiger partial charge in [-0.1, -0.05) is 12.5 Å². The maximum atomic E-state index is 6.04. The number of nitrogens with zero attached hydrogens (tertiary/aromatic N) is 1. The Labute approximate surface area is 144 Å². The molecule has 0 amide bonds. The van der Waals surface area contributed by atoms with Gasteiger partial charge in [0, 0.05) is 12.2 Å². The Bertz CT molecular complexity index is 531. The Morgan fingerprint density at radius 2 is 2.00 bits per heavy atom. The number of nitrogens with one attached hydrogen (secondary N) is 1. The van der Waals surface area contributed by atoms with Gasteiger partial charge in [-0.2, -0.15) is 0 Å². The molecular formula is C17H26IN3. The highest BCUT2D eigenvalue weighted by atomic mass is 127. The molecule has 0 atom stereocenters. The smallest absolute Gasteiger partial charge is 0.193 e. The first-order valence-electron chi connectivity index (χ1n) is 7.73. The Hall–Kier alpha value is -0.780. The van der Waals surface area contributed by atoms with Gasteiger partial charge in [-0.05, 0) is 74.1 Å². The minimum atomic E-state index is 0. The molecule has 4 heteroatoms. The van der Waals surface area contributed by atoms with E-state index < -0.39 is 0 Å². The van der Waals surface area contributed by atoms with E-state index in [-0.39, 0.29) is 24.0 Å². The number of aliphatic imine (C=N–C) groups is 1. The second-order valence-electron chi connectivity index (χ2n) is 6.62. The summed E-state index contributed by atoms with van der Waals surface area (Å²) in [6, 6.07) is 6.30. The summed E-state index contributed by atoms with van der Waals surface area (Å²) >= 11 is 0. The van der Waals surface area contributed by atoms with Crippen LogP contribution in [0.3, 0.4) is 0 Å². The van der Waals surface area contributed by atoms with Crippen molar-refractivity contribution in [2.45, 2.75) is 46.0 Å². The largest absolute Gasteiger partial charge is 0.370 e. The van der Waals surface area contributed by atoms with Gasteiger partial charge in [-0.25, -0.2) is 0 Å². The normalized spacial score (nSPS) is 20.4. The number of halogens is 1. The lowest BCUT2D eigenvalue weighted by Gasteiger charge is -2.41. The molecule has 21 heavy (non-hydrogen) atoms. The van der Waals surface area contributed by atoms with Gasteiger partial charge in [-0.3, -0.25) is 4.99 Å². The van der Waals surface area contributed by atoms with Crippen LogP contribution in [-0.2, 0) is 0 Å². The molecule has 0 unspecified atom stereocenters. The molecule has 3 nitrogen and oxygen atoms in total. The van der Waals surface area contributed by atoms with Crippen LogP contribution in [0.15, 0.2) is 23.2 Å². The lowest BCUT2D eigenvalue weighted by atomic mass is 9.65. The van der Waals surface area contributed by atoms with Crippen molar-refractivity contribution in [1.82, 2.24) is 0 Å². The van der Waals surface area contributed by atoms with E-state index in [9.17, 15) is 0 Å². The van der Waals surface area contributed by atoms with E-state index in [1.165, 1.54) is 43.2 Å². The number of aryl methyl sites for hydroxylation is 2. The number of nitrogens with two attached hydrogens (primary N) is 1. The van der Waals surface area contributed by atoms with Gasteiger partial charge in [0.05, 0.1) is 0 Å². The predicted octanol–water partition coefficient (Wildman–Crippen LogP) is 4.23. The van der Waals surface area contributed by atoms with E-state index in [4.69, 9.17) is 5.73 Å². The number of hydrogen-bond acceptors (Lipinski definition) is 1. The van der Waals surface area contributed by atoms with E-state index in [0.717, 1.165) is 18.2 Å². The standard InChI is InChI=1S/C17H25N3.HI/c1-12-4-7-15(10-13(12)2)20-16(18)19-11-17(8-3-9-17)14-5-6-14;/h4,7,10,14H,3,5-6,8-9,11H2,1-2H3,(H3,18,19,20);1H. The Kier molecular flexibility index (Phi) is 5.17. The maximum absolute atomic E-state index is 6.04. The minimum absolute atomic E-state index is 0. The number of benzene rings is 1. The summed E-state index contributed by atoms with van der Waals surface area (Å²) in [4.78, 5) is 4.61. The second kappa shape index (κ2) is 6.55. The molecule has 2 aliphatic rings. The van der Waals surface area contributed by atoms with Gasteiger partial charge in [0.25, 0.3) is 0 Å². The van der Waals surface area contributed by atoms with E-state index in [1.54, 1.807) is 0 Å². The maximum Gasteiger partial charge on any atom is 0.193 e. The number of anilines is 1. The number of hydrogen-bond donors (Lipinski definition) is 2. The first kappa shape index (κ1) is 16.6. The molecule has 0 saturated heterocycles. The third-order valence-electron chi connectivity index (χ3n) is 5.14. The average Bonchev–Trinajstić information content (AvgIpc) is 3.17. The molecule has 2 aliphatic carbocycles. The molecule has 1 aromatic carbocycles. The first-order chi connectivity index (χ1) is 9.59. The molecule has 0 bridgehead atoms. The zero-order chi connectivity index (χ0) is 14.2. The van der Waals surface area contributed by atoms with Crippen molar-refractivity contribution < 1.29 is 0 Å². The molecule has 0 aromatic heterocycles. The Morgan fingerprint density at radius 3 is 2.52 bits per heavy atom. The molecule has 2 fully saturated rings. The summed E-state index contributed by atoms with van der Waals surface area (Å²) < 4.78 is 0. The summed E-state index contributed by atoms with van der Waals surface area (Å²) in [7, 11) is 0. The van der Waals surface area contributed by atoms with E-state index in [0.29, 0.717) is 11.4 Å². The lowest BCUT2D eigenvalue weighted by Crippen LogP contribution is -2.36. The predicted molar refractivity (Wildman–Crippen MR) is 100 cm³/mol. The molecule has 2 saturated carbocycles. The van der Waals surface area contributed by atoms with Crippen molar-refractivity contribution in [2.24, 2.45) is 22.1 Å². The van der Waals surface area contributed by atoms with Crippen molar-refractivity contribution >= 4 is 35.6 Å². The monoisotopic (exact) mass is 399 g/mol. The van der Waals surface area contributed by atoms with Crippen LogP contribution < -0.4 is 11.1 Å². The minimum Gasteiger partial charge on any atom is -0.370 e. The van der Waals surface area contributed by atoms with E-state index in [2.05, 4.69) is 42.4 Å². The zero-order valence-electron chi connectivity index (χ0n) is 13.0. The molecular weight excluding hydrogens is 373 g/mol. The van der Waals surface area contributed by atoms with E-state index >= 15 is 0 Å². The molecule has 116 valence electrons. The van der Waals surface area contributed by atoms with Crippen LogP contribution in [-0.4, -0.2) is 12.5 Å². The molecule has 0 heterocycles. The Balaban J connectivity index is 0.00000161. The molecule has 0 spiro atoms. The topological polar surface area (TPSA) is 50.4 Å². The van der Waals surface area contributed by atoms with Crippen LogP contribution in [0.2, 0.25) is 0 Å². The van der Waals surface area contributed by atoms with E-state index in [1.807, 2.05) is 0 Å². The number of rotatable bonds is 4. The molecule has 0 radical (unpaired) electrons. The van der Waals surface area contributed by atoms with Gasteiger partial charge in [0.2, 0.25) is 0 Å². The summed E-state index contributed by atoms with van der Waals surface area (Å²) in [6.45, 7) is 5.14. The van der Waals surface area contributed by atoms with Crippen LogP contribution in [0, 0.1) is 25.2 Å². The first-order valence-corrected chi connectivity index (χ1v) is 7.73. The number of guanidine groups is 1. The van der Waals surface area contributed by atoms with Gasteiger partial charge in [0.15, 0.2) is 5.96 Å². The van der Waals surface area contributed by atoms with Crippen molar-refractivity contribution in [1.29, 1.82) is 0 Å². The highest BCUT2D eigenvalue weighted by molar-refractivity contribution is 14.0. The highest BCUT2D eigenvalue weighted by Gasteiger charge is 2.48. The molecule has 3 rings (SSSR count). The summed E-state index contributed by atoms with van der Waals surface area (Å²) in [5.74, 6) is 1.48. The van der Waals surface area contributed by atoms with Gasteiger partial charge < -0.3 is 11.1 Å². The van der Waals surface area contributed by atoms with Crippen molar-refractivity contribution in [2.75, 3.05) is 11.9 Å². The summed E-state index contributed by atoms with van der Waals surface area (Å²) in [6.07, 6.45) is 6.87. The second-order valence-corrected chi connectivity index (χ2v) is 6.62. The fourth-order valence-electron chi connectivity index (χ4n) is 3.27. The Morgan fingerprint density at radius 1 is 1.29 bits per heavy atom. The third kappa shape index (κ3) is 3.71. The van der Waals surface area contributed by atoms with Crippen LogP contribution >= 0.6 is 24.0 Å². The highest BCUT2D eigenvalue weighted by Crippen LogP contribution is 2.57. The van der Waals surface area contributed by atoms with Crippen molar-refractivity contribution in [3.63, 3.8) is 0 Å². The average molecular weight is 399 g/mol. The van der Waals surface area contributed by atoms with Crippen molar-refractivity contribution in [3.8, 4) is 0 Å². The summed E-state index contributed by atoms with van der Waals surface area (Å²) in [5, 5.41) is 3.22. The van der Waals surface area contributed by atoms with Gasteiger partial charge >= 0.3 is 0 Å². The summed E-state index contributed by atoms with van der Waals surface area (Å²) in [5.41, 5.74) is 10.1. The molecule has 0 aliphatic heterocycles. The van der Waals surface area contributed by atoms with Gasteiger partial charge in [0.1, 0.15) is 0 Å². The molecule has 3 N–H and O–H groups in total. The molecule has 1 aromatic rings. The van der Waals surface area contributed by atoms with Crippen LogP contribution in [0.1, 0.15) is 43.2 Å². The fraction of sp³-hybridized carbons (Fsp3) is 0.588. The lowest BCUT2D eigenvalue weighted by molar-refractivity contribution is 0.113. The zero-order valence-corrected chi connectivity index (χ0v) is 15.3. The van der Waals surface area contributed by atoms with Crippen LogP contribution in [0.25, 0.3) is 0 Å². The SMILES string of the molecule is Cc1ccc(NC(N)=NCC2(C3CC3)CCC2)cc1C.I. The van der Waals surface area contributed by atoms with Crippen LogP contribution in [0.5, 0.6) is 0 Å². The third-order valence-corrected chi connectivity index (χ3v) is 5.14. The van der Waals surface area contributed by atoms with Crippen LogP contribution in [0.4, 0.5) is 5.69 Å². The quantitative estimate of drug-likeness (QED) is 0.452. The van der Waals surface area contributed by atoms with Gasteiger partial charge in [-0.15, -0.1) is 24.0 Å².